The molecule has 0 fully saturated rings. The van der Waals surface area contributed by atoms with E-state index in [1.165, 1.54) is 0 Å². The Morgan fingerprint density at radius 1 is 0.575 bits per heavy atom. The zero-order chi connectivity index (χ0) is 29.2. The Kier molecular flexibility index (Phi) is 13.3. The number of benzene rings is 1. The van der Waals surface area contributed by atoms with Gasteiger partial charge in [0.2, 0.25) is 11.5 Å². The minimum absolute atomic E-state index is 0.141. The number of alkyl halides is 6. The topological polar surface area (TPSA) is 55.3 Å². The highest BCUT2D eigenvalue weighted by Gasteiger charge is 2.37. The molecule has 0 saturated heterocycles. The summed E-state index contributed by atoms with van der Waals surface area (Å²) < 4.78 is 83.8. The third-order valence-corrected chi connectivity index (χ3v) is 15.4. The zero-order valence-electron chi connectivity index (χ0n) is 19.6. The van der Waals surface area contributed by atoms with Gasteiger partial charge in [0.05, 0.1) is 16.9 Å². The molecule has 0 atom stereocenters. The minimum atomic E-state index is -5.05. The highest BCUT2D eigenvalue weighted by atomic mass is 127. The molecule has 5 aromatic rings. The van der Waals surface area contributed by atoms with E-state index in [1.807, 2.05) is 45.3 Å². The molecule has 0 spiro atoms. The first kappa shape index (κ1) is 33.3. The maximum absolute atomic E-state index is 12.3. The van der Waals surface area contributed by atoms with Crippen molar-refractivity contribution in [1.29, 1.82) is 0 Å². The Balaban J connectivity index is 0.000000173. The van der Waals surface area contributed by atoms with Crippen molar-refractivity contribution in [3.8, 4) is 5.75 Å². The summed E-state index contributed by atoms with van der Waals surface area (Å²) in [5, 5.41) is 28.8. The third-order valence-electron chi connectivity index (χ3n) is 4.11. The van der Waals surface area contributed by atoms with Crippen LogP contribution >= 0.6 is 45.3 Å². The molecule has 5 rings (SSSR count). The lowest BCUT2D eigenvalue weighted by Gasteiger charge is -2.27. The molecule has 16 heteroatoms. The van der Waals surface area contributed by atoms with Crippen molar-refractivity contribution in [1.82, 2.24) is 0 Å². The van der Waals surface area contributed by atoms with Crippen molar-refractivity contribution in [3.63, 3.8) is 0 Å². The van der Waals surface area contributed by atoms with E-state index in [1.54, 1.807) is 11.5 Å². The predicted molar refractivity (Wildman–Crippen MR) is 135 cm³/mol. The largest absolute Gasteiger partial charge is 0.860 e. The van der Waals surface area contributed by atoms with E-state index in [0.29, 0.717) is 0 Å². The standard InChI is InChI=1S/C8H3BF6O3.2C8H6IS2/c10-7(11,12)4-1-5(8(13,14)15)3-6(2-4)18-9(16)17;2*1-3-7(10-5-1)9-8-4-2-6-11-8/h1-3H;2*1-6H/q-2;2*+1. The lowest BCUT2D eigenvalue weighted by molar-refractivity contribution is -0.585. The van der Waals surface area contributed by atoms with E-state index in [4.69, 9.17) is 0 Å². The Morgan fingerprint density at radius 3 is 1.12 bits per heavy atom. The van der Waals surface area contributed by atoms with Crippen molar-refractivity contribution < 1.29 is 83.5 Å². The summed E-state index contributed by atoms with van der Waals surface area (Å²) in [5.41, 5.74) is -3.32. The van der Waals surface area contributed by atoms with E-state index >= 15 is 0 Å². The molecule has 212 valence electrons. The minimum Gasteiger partial charge on any atom is -0.860 e. The second kappa shape index (κ2) is 15.9. The summed E-state index contributed by atoms with van der Waals surface area (Å²) in [6, 6.07) is 17.6. The SMILES string of the molecule is [O-]B([O-])Oc1cc(C(F)(F)F)cc(C(F)(F)F)c1.c1csc([I+]c2cccs2)c1.c1csc([I+]c2cccs2)c1. The Bertz CT molecular complexity index is 1210. The predicted octanol–water partition coefficient (Wildman–Crippen LogP) is 0.684. The fraction of sp³-hybridized carbons (Fsp3) is 0.0833. The molecule has 0 amide bonds. The molecule has 0 aliphatic rings. The Hall–Kier alpha value is -1.16. The quantitative estimate of drug-likeness (QED) is 0.144. The van der Waals surface area contributed by atoms with Gasteiger partial charge in [-0.3, -0.25) is 0 Å². The summed E-state index contributed by atoms with van der Waals surface area (Å²) in [7, 11) is -3.02. The summed E-state index contributed by atoms with van der Waals surface area (Å²) in [4.78, 5) is 0. The van der Waals surface area contributed by atoms with Gasteiger partial charge < -0.3 is 14.7 Å². The molecule has 4 heterocycles. The number of hydrogen-bond donors (Lipinski definition) is 0. The van der Waals surface area contributed by atoms with Crippen LogP contribution in [-0.4, -0.2) is 7.32 Å². The van der Waals surface area contributed by atoms with Crippen molar-refractivity contribution >= 4 is 52.7 Å². The second-order valence-corrected chi connectivity index (χ2v) is 19.5. The van der Waals surface area contributed by atoms with Crippen LogP contribution in [0.2, 0.25) is 0 Å². The normalized spacial score (nSPS) is 11.2. The van der Waals surface area contributed by atoms with Gasteiger partial charge in [0.25, 0.3) is 0 Å². The molecule has 0 N–H and O–H groups in total. The van der Waals surface area contributed by atoms with Gasteiger partial charge in [-0.1, -0.05) is 45.3 Å². The van der Waals surface area contributed by atoms with Crippen molar-refractivity contribution in [3.05, 3.63) is 111 Å². The Labute approximate surface area is 262 Å². The van der Waals surface area contributed by atoms with Crippen LogP contribution in [0.5, 0.6) is 5.75 Å². The fourth-order valence-electron chi connectivity index (χ4n) is 2.54. The van der Waals surface area contributed by atoms with Crippen LogP contribution in [0.3, 0.4) is 0 Å². The summed E-state index contributed by atoms with van der Waals surface area (Å²) >= 11 is 7.79. The molecule has 1 aromatic carbocycles. The van der Waals surface area contributed by atoms with Crippen LogP contribution in [0.4, 0.5) is 26.3 Å². The maximum atomic E-state index is 12.3. The lowest BCUT2D eigenvalue weighted by Crippen LogP contribution is -3.61. The number of rotatable bonds is 6. The molecule has 0 radical (unpaired) electrons. The van der Waals surface area contributed by atoms with Crippen molar-refractivity contribution in [2.75, 3.05) is 0 Å². The first-order valence-electron chi connectivity index (χ1n) is 10.6. The molecule has 3 nitrogen and oxygen atoms in total. The van der Waals surface area contributed by atoms with Gasteiger partial charge in [-0.2, -0.15) is 26.3 Å². The molecule has 0 bridgehead atoms. The van der Waals surface area contributed by atoms with Gasteiger partial charge in [-0.05, 0) is 64.0 Å². The first-order chi connectivity index (χ1) is 18.9. The van der Waals surface area contributed by atoms with Crippen molar-refractivity contribution in [2.24, 2.45) is 0 Å². The van der Waals surface area contributed by atoms with E-state index in [-0.39, 0.29) is 60.6 Å². The van der Waals surface area contributed by atoms with Gasteiger partial charge in [0.15, 0.2) is 0 Å². The number of thiophene rings is 4. The zero-order valence-corrected chi connectivity index (χ0v) is 27.2. The fourth-order valence-corrected chi connectivity index (χ4v) is 13.3. The van der Waals surface area contributed by atoms with E-state index in [9.17, 15) is 36.4 Å². The number of halogens is 8. The lowest BCUT2D eigenvalue weighted by atomic mass is 10.1. The molecule has 0 aliphatic heterocycles. The molecule has 0 unspecified atom stereocenters. The van der Waals surface area contributed by atoms with Gasteiger partial charge >= 0.3 is 54.8 Å². The molecule has 40 heavy (non-hydrogen) atoms. The molecular weight excluding hydrogens is 843 g/mol. The van der Waals surface area contributed by atoms with Crippen LogP contribution in [0, 0.1) is 11.5 Å². The van der Waals surface area contributed by atoms with Crippen LogP contribution in [0.1, 0.15) is 11.1 Å². The van der Waals surface area contributed by atoms with Crippen LogP contribution < -0.4 is 57.1 Å². The van der Waals surface area contributed by atoms with Gasteiger partial charge in [-0.15, -0.1) is 0 Å². The Morgan fingerprint density at radius 2 is 0.900 bits per heavy atom. The van der Waals surface area contributed by atoms with E-state index < -0.39 is 36.6 Å². The second-order valence-electron chi connectivity index (χ2n) is 7.01. The van der Waals surface area contributed by atoms with Gasteiger partial charge in [0.1, 0.15) is 7.32 Å². The average molecular weight is 858 g/mol. The van der Waals surface area contributed by atoms with Crippen LogP contribution in [0.15, 0.2) is 88.3 Å². The molecule has 4 aromatic heterocycles. The van der Waals surface area contributed by atoms with Gasteiger partial charge in [0, 0.05) is 24.3 Å². The summed E-state index contributed by atoms with van der Waals surface area (Å²) in [5.74, 6) is -1.08. The molecule has 0 aliphatic carbocycles. The molecular formula is C24H15BF6I2O3S4. The van der Waals surface area contributed by atoms with Crippen molar-refractivity contribution in [2.45, 2.75) is 12.4 Å². The third kappa shape index (κ3) is 12.0. The van der Waals surface area contributed by atoms with E-state index in [0.717, 1.165) is 0 Å². The monoisotopic (exact) mass is 858 g/mol. The summed E-state index contributed by atoms with van der Waals surface area (Å²) in [6.45, 7) is 0. The van der Waals surface area contributed by atoms with Crippen LogP contribution in [0.25, 0.3) is 0 Å². The van der Waals surface area contributed by atoms with E-state index in [2.05, 4.69) is 74.7 Å². The highest BCUT2D eigenvalue weighted by molar-refractivity contribution is 7.08. The highest BCUT2D eigenvalue weighted by Crippen LogP contribution is 2.38. The number of hydrogen-bond acceptors (Lipinski definition) is 7. The maximum Gasteiger partial charge on any atom is 0.416 e. The summed E-state index contributed by atoms with van der Waals surface area (Å²) in [6.07, 6.45) is -10.1. The molecule has 0 saturated carbocycles. The van der Waals surface area contributed by atoms with Crippen LogP contribution in [-0.2, 0) is 12.4 Å². The first-order valence-corrected chi connectivity index (χ1v) is 18.4. The van der Waals surface area contributed by atoms with Gasteiger partial charge in [-0.25, -0.2) is 0 Å². The smallest absolute Gasteiger partial charge is 0.416 e. The average Bonchev–Trinajstić information content (AvgIpc) is 3.68.